The lowest BCUT2D eigenvalue weighted by atomic mass is 9.75. The zero-order chi connectivity index (χ0) is 18.5. The van der Waals surface area contributed by atoms with Crippen molar-refractivity contribution in [3.8, 4) is 5.75 Å². The predicted octanol–water partition coefficient (Wildman–Crippen LogP) is 5.22. The van der Waals surface area contributed by atoms with Gasteiger partial charge in [-0.1, -0.05) is 53.4 Å². The van der Waals surface area contributed by atoms with Crippen LogP contribution in [0.15, 0.2) is 17.0 Å². The summed E-state index contributed by atoms with van der Waals surface area (Å²) in [4.78, 5) is -0.146. The molecular weight excluding hydrogens is 324 g/mol. The molecule has 0 aromatic heterocycles. The lowest BCUT2D eigenvalue weighted by Gasteiger charge is -2.31. The van der Waals surface area contributed by atoms with E-state index in [1.807, 2.05) is 6.92 Å². The summed E-state index contributed by atoms with van der Waals surface area (Å²) in [6.45, 7) is 10.2. The summed E-state index contributed by atoms with van der Waals surface area (Å²) in [6, 6.07) is 2.74. The maximum atomic E-state index is 11.5. The normalized spacial score (nSPS) is 15.9. The Bertz CT molecular complexity index is 652. The van der Waals surface area contributed by atoms with Crippen LogP contribution in [0.2, 0.25) is 0 Å². The lowest BCUT2D eigenvalue weighted by Crippen LogP contribution is -2.22. The topological polar surface area (TPSA) is 74.6 Å². The molecule has 2 atom stereocenters. The zero-order valence-electron chi connectivity index (χ0n) is 15.6. The molecule has 0 saturated carbocycles. The Morgan fingerprint density at radius 3 is 2.33 bits per heavy atom. The van der Waals surface area contributed by atoms with E-state index in [2.05, 4.69) is 20.8 Å². The van der Waals surface area contributed by atoms with Crippen molar-refractivity contribution in [1.82, 2.24) is 0 Å². The van der Waals surface area contributed by atoms with Gasteiger partial charge in [0.05, 0.1) is 4.90 Å². The van der Waals surface area contributed by atoms with Crippen LogP contribution in [0.25, 0.3) is 0 Å². The molecule has 138 valence electrons. The summed E-state index contributed by atoms with van der Waals surface area (Å²) in [5, 5.41) is 10.5. The Kier molecular flexibility index (Phi) is 7.29. The van der Waals surface area contributed by atoms with Gasteiger partial charge >= 0.3 is 0 Å². The number of unbranched alkanes of at least 4 members (excludes halogenated alkanes) is 1. The van der Waals surface area contributed by atoms with E-state index in [1.165, 1.54) is 25.0 Å². The van der Waals surface area contributed by atoms with Crippen molar-refractivity contribution in [2.45, 2.75) is 83.5 Å². The van der Waals surface area contributed by atoms with Crippen LogP contribution in [0, 0.1) is 12.8 Å². The third-order valence-corrected chi connectivity index (χ3v) is 6.21. The summed E-state index contributed by atoms with van der Waals surface area (Å²) in [5.41, 5.74) is 0.769. The molecule has 0 fully saturated rings. The molecule has 0 aliphatic heterocycles. The number of hydrogen-bond acceptors (Lipinski definition) is 3. The molecule has 1 rings (SSSR count). The van der Waals surface area contributed by atoms with Gasteiger partial charge in [0.2, 0.25) is 0 Å². The minimum atomic E-state index is -4.28. The van der Waals surface area contributed by atoms with Crippen molar-refractivity contribution in [1.29, 1.82) is 0 Å². The second kappa shape index (κ2) is 8.34. The molecule has 0 aliphatic carbocycles. The highest BCUT2D eigenvalue weighted by Gasteiger charge is 2.29. The van der Waals surface area contributed by atoms with Crippen molar-refractivity contribution < 1.29 is 18.1 Å². The number of aromatic hydroxyl groups is 1. The number of aryl methyl sites for hydroxylation is 1. The average molecular weight is 357 g/mol. The van der Waals surface area contributed by atoms with Gasteiger partial charge in [-0.2, -0.15) is 8.42 Å². The average Bonchev–Trinajstić information content (AvgIpc) is 2.52. The maximum Gasteiger partial charge on any atom is 0.294 e. The molecule has 0 heterocycles. The van der Waals surface area contributed by atoms with E-state index in [1.54, 1.807) is 6.92 Å². The second-order valence-corrected chi connectivity index (χ2v) is 8.71. The van der Waals surface area contributed by atoms with Crippen molar-refractivity contribution in [2.24, 2.45) is 5.92 Å². The lowest BCUT2D eigenvalue weighted by molar-refractivity contribution is 0.361. The predicted molar refractivity (Wildman–Crippen MR) is 98.2 cm³/mol. The summed E-state index contributed by atoms with van der Waals surface area (Å²) in [6.07, 6.45) is 6.19. The zero-order valence-corrected chi connectivity index (χ0v) is 16.4. The van der Waals surface area contributed by atoms with Gasteiger partial charge in [-0.15, -0.1) is 0 Å². The summed E-state index contributed by atoms with van der Waals surface area (Å²) >= 11 is 0. The molecule has 2 unspecified atom stereocenters. The third-order valence-electron chi connectivity index (χ3n) is 5.37. The van der Waals surface area contributed by atoms with E-state index in [4.69, 9.17) is 0 Å². The number of benzene rings is 1. The van der Waals surface area contributed by atoms with Gasteiger partial charge in [0.25, 0.3) is 10.1 Å². The SMILES string of the molecule is CCC(C)CCCCC(C)(CC)c1cc(S(=O)(=O)O)cc(C)c1O. The van der Waals surface area contributed by atoms with Crippen molar-refractivity contribution in [3.63, 3.8) is 0 Å². The summed E-state index contributed by atoms with van der Waals surface area (Å²) in [7, 11) is -4.28. The molecule has 1 aromatic carbocycles. The van der Waals surface area contributed by atoms with E-state index in [-0.39, 0.29) is 16.1 Å². The molecule has 0 saturated heterocycles. The van der Waals surface area contributed by atoms with Gasteiger partial charge in [0.15, 0.2) is 0 Å². The first-order valence-corrected chi connectivity index (χ1v) is 10.3. The van der Waals surface area contributed by atoms with E-state index in [0.29, 0.717) is 11.1 Å². The van der Waals surface area contributed by atoms with Crippen LogP contribution in [0.1, 0.15) is 77.3 Å². The largest absolute Gasteiger partial charge is 0.507 e. The highest BCUT2D eigenvalue weighted by Crippen LogP contribution is 2.41. The van der Waals surface area contributed by atoms with E-state index < -0.39 is 10.1 Å². The number of phenols is 1. The first-order valence-electron chi connectivity index (χ1n) is 8.86. The molecule has 0 radical (unpaired) electrons. The Hall–Kier alpha value is -1.07. The van der Waals surface area contributed by atoms with Crippen LogP contribution >= 0.6 is 0 Å². The van der Waals surface area contributed by atoms with Gasteiger partial charge in [-0.25, -0.2) is 0 Å². The van der Waals surface area contributed by atoms with Crippen LogP contribution in [-0.2, 0) is 15.5 Å². The molecule has 0 amide bonds. The fourth-order valence-electron chi connectivity index (χ4n) is 3.07. The molecule has 0 bridgehead atoms. The fourth-order valence-corrected chi connectivity index (χ4v) is 3.66. The Morgan fingerprint density at radius 2 is 1.83 bits per heavy atom. The first-order chi connectivity index (χ1) is 11.0. The molecule has 24 heavy (non-hydrogen) atoms. The minimum Gasteiger partial charge on any atom is -0.507 e. The Morgan fingerprint density at radius 1 is 1.21 bits per heavy atom. The number of phenolic OH excluding ortho intramolecular Hbond substituents is 1. The monoisotopic (exact) mass is 356 g/mol. The molecule has 2 N–H and O–H groups in total. The van der Waals surface area contributed by atoms with Crippen molar-refractivity contribution >= 4 is 10.1 Å². The maximum absolute atomic E-state index is 11.5. The molecule has 5 heteroatoms. The quantitative estimate of drug-likeness (QED) is 0.470. The van der Waals surface area contributed by atoms with Gasteiger partial charge < -0.3 is 5.11 Å². The van der Waals surface area contributed by atoms with Crippen LogP contribution in [0.3, 0.4) is 0 Å². The minimum absolute atomic E-state index is 0.133. The third kappa shape index (κ3) is 5.21. The van der Waals surface area contributed by atoms with Gasteiger partial charge in [-0.05, 0) is 48.8 Å². The van der Waals surface area contributed by atoms with E-state index in [0.717, 1.165) is 31.6 Å². The first kappa shape index (κ1) is 21.0. The molecule has 0 spiro atoms. The van der Waals surface area contributed by atoms with Gasteiger partial charge in [0, 0.05) is 5.56 Å². The van der Waals surface area contributed by atoms with Crippen LogP contribution < -0.4 is 0 Å². The summed E-state index contributed by atoms with van der Waals surface area (Å²) < 4.78 is 32.4. The molecular formula is C19H32O4S. The molecule has 0 aliphatic rings. The van der Waals surface area contributed by atoms with E-state index in [9.17, 15) is 18.1 Å². The molecule has 1 aromatic rings. The standard InChI is InChI=1S/C19H32O4S/c1-6-14(3)10-8-9-11-19(5,7-2)17-13-16(24(21,22)23)12-15(4)18(17)20/h12-14,20H,6-11H2,1-5H3,(H,21,22,23). The van der Waals surface area contributed by atoms with Gasteiger partial charge in [0.1, 0.15) is 5.75 Å². The van der Waals surface area contributed by atoms with Crippen molar-refractivity contribution in [3.05, 3.63) is 23.3 Å². The second-order valence-electron chi connectivity index (χ2n) is 7.28. The Labute approximate surface area is 147 Å². The van der Waals surface area contributed by atoms with Crippen LogP contribution in [0.5, 0.6) is 5.75 Å². The fraction of sp³-hybridized carbons (Fsp3) is 0.684. The highest BCUT2D eigenvalue weighted by atomic mass is 32.2. The smallest absolute Gasteiger partial charge is 0.294 e. The van der Waals surface area contributed by atoms with Crippen molar-refractivity contribution in [2.75, 3.05) is 0 Å². The van der Waals surface area contributed by atoms with Gasteiger partial charge in [-0.3, -0.25) is 4.55 Å². The number of hydrogen-bond donors (Lipinski definition) is 2. The van der Waals surface area contributed by atoms with Crippen LogP contribution in [0.4, 0.5) is 0 Å². The Balaban J connectivity index is 3.07. The molecule has 4 nitrogen and oxygen atoms in total. The van der Waals surface area contributed by atoms with Crippen LogP contribution in [-0.4, -0.2) is 18.1 Å². The van der Waals surface area contributed by atoms with E-state index >= 15 is 0 Å². The highest BCUT2D eigenvalue weighted by molar-refractivity contribution is 7.85. The summed E-state index contributed by atoms with van der Waals surface area (Å²) in [5.74, 6) is 0.852. The number of rotatable bonds is 9.